The van der Waals surface area contributed by atoms with Gasteiger partial charge in [0.05, 0.1) is 31.8 Å². The first-order valence-electron chi connectivity index (χ1n) is 6.72. The lowest BCUT2D eigenvalue weighted by molar-refractivity contribution is -0.385. The van der Waals surface area contributed by atoms with E-state index in [0.29, 0.717) is 18.8 Å². The number of benzene rings is 2. The van der Waals surface area contributed by atoms with Gasteiger partial charge in [-0.05, 0) is 29.8 Å². The zero-order chi connectivity index (χ0) is 15.9. The van der Waals surface area contributed by atoms with Crippen LogP contribution in [0.25, 0.3) is 0 Å². The van der Waals surface area contributed by atoms with Crippen LogP contribution in [0.1, 0.15) is 5.56 Å². The van der Waals surface area contributed by atoms with E-state index in [1.54, 1.807) is 19.2 Å². The number of rotatable bonds is 7. The van der Waals surface area contributed by atoms with E-state index >= 15 is 0 Å². The fourth-order valence-electron chi connectivity index (χ4n) is 1.96. The number of nitro benzene ring substituents is 1. The van der Waals surface area contributed by atoms with Crippen molar-refractivity contribution < 1.29 is 19.1 Å². The molecule has 0 aliphatic rings. The lowest BCUT2D eigenvalue weighted by Gasteiger charge is -2.08. The summed E-state index contributed by atoms with van der Waals surface area (Å²) in [7, 11) is 3.07. The lowest BCUT2D eigenvalue weighted by atomic mass is 10.1. The highest BCUT2D eigenvalue weighted by Crippen LogP contribution is 2.31. The van der Waals surface area contributed by atoms with Gasteiger partial charge in [0.2, 0.25) is 0 Å². The molecule has 0 aliphatic heterocycles. The molecule has 0 atom stereocenters. The molecule has 0 saturated heterocycles. The average molecular weight is 303 g/mol. The number of nitrogens with zero attached hydrogens (tertiary/aromatic N) is 1. The topological polar surface area (TPSA) is 70.8 Å². The second-order valence-corrected chi connectivity index (χ2v) is 4.54. The van der Waals surface area contributed by atoms with Crippen LogP contribution in [0.2, 0.25) is 0 Å². The molecular weight excluding hydrogens is 286 g/mol. The number of methoxy groups -OCH3 is 2. The Morgan fingerprint density at radius 1 is 1.00 bits per heavy atom. The molecule has 2 rings (SSSR count). The smallest absolute Gasteiger partial charge is 0.314 e. The predicted octanol–water partition coefficient (Wildman–Crippen LogP) is 3.23. The van der Waals surface area contributed by atoms with Crippen molar-refractivity contribution in [1.82, 2.24) is 0 Å². The van der Waals surface area contributed by atoms with Gasteiger partial charge in [0.1, 0.15) is 11.5 Å². The SMILES string of the molecule is COc1ccc(CCOc2ccc(OC)cc2[N+](=O)[O-])cc1. The van der Waals surface area contributed by atoms with Gasteiger partial charge in [-0.15, -0.1) is 0 Å². The molecule has 0 aromatic heterocycles. The molecule has 0 aliphatic carbocycles. The molecule has 2 aromatic rings. The summed E-state index contributed by atoms with van der Waals surface area (Å²) in [5.41, 5.74) is 0.964. The highest BCUT2D eigenvalue weighted by molar-refractivity contribution is 5.50. The Hall–Kier alpha value is -2.76. The van der Waals surface area contributed by atoms with Gasteiger partial charge in [0.15, 0.2) is 5.75 Å². The van der Waals surface area contributed by atoms with Crippen LogP contribution in [0, 0.1) is 10.1 Å². The molecule has 0 N–H and O–H groups in total. The molecule has 0 saturated carbocycles. The maximum absolute atomic E-state index is 11.0. The molecule has 116 valence electrons. The minimum atomic E-state index is -0.481. The first-order chi connectivity index (χ1) is 10.6. The summed E-state index contributed by atoms with van der Waals surface area (Å²) in [6.07, 6.45) is 0.646. The van der Waals surface area contributed by atoms with E-state index < -0.39 is 4.92 Å². The van der Waals surface area contributed by atoms with Gasteiger partial charge in [0.25, 0.3) is 0 Å². The van der Waals surface area contributed by atoms with Crippen molar-refractivity contribution in [2.75, 3.05) is 20.8 Å². The summed E-state index contributed by atoms with van der Waals surface area (Å²) in [5, 5.41) is 11.0. The first kappa shape index (κ1) is 15.6. The van der Waals surface area contributed by atoms with Crippen molar-refractivity contribution in [2.45, 2.75) is 6.42 Å². The Labute approximate surface area is 128 Å². The standard InChI is InChI=1S/C16H17NO5/c1-20-13-5-3-12(4-6-13)9-10-22-16-8-7-14(21-2)11-15(16)17(18)19/h3-8,11H,9-10H2,1-2H3. The van der Waals surface area contributed by atoms with Crippen LogP contribution in [0.5, 0.6) is 17.2 Å². The third-order valence-electron chi connectivity index (χ3n) is 3.17. The molecule has 0 amide bonds. The van der Waals surface area contributed by atoms with E-state index in [9.17, 15) is 10.1 Å². The zero-order valence-corrected chi connectivity index (χ0v) is 12.4. The fraction of sp³-hybridized carbons (Fsp3) is 0.250. The Kier molecular flexibility index (Phi) is 5.19. The third-order valence-corrected chi connectivity index (χ3v) is 3.17. The van der Waals surface area contributed by atoms with Crippen LogP contribution >= 0.6 is 0 Å². The van der Waals surface area contributed by atoms with Crippen LogP contribution in [-0.4, -0.2) is 25.7 Å². The summed E-state index contributed by atoms with van der Waals surface area (Å²) >= 11 is 0. The van der Waals surface area contributed by atoms with E-state index in [1.807, 2.05) is 24.3 Å². The largest absolute Gasteiger partial charge is 0.497 e. The maximum atomic E-state index is 11.0. The molecule has 0 fully saturated rings. The Morgan fingerprint density at radius 2 is 1.64 bits per heavy atom. The summed E-state index contributed by atoms with van der Waals surface area (Å²) in [5.74, 6) is 1.45. The summed E-state index contributed by atoms with van der Waals surface area (Å²) in [6.45, 7) is 0.347. The molecule has 0 radical (unpaired) electrons. The van der Waals surface area contributed by atoms with Gasteiger partial charge < -0.3 is 14.2 Å². The van der Waals surface area contributed by atoms with E-state index in [4.69, 9.17) is 14.2 Å². The van der Waals surface area contributed by atoms with Crippen molar-refractivity contribution in [2.24, 2.45) is 0 Å². The minimum absolute atomic E-state index is 0.103. The van der Waals surface area contributed by atoms with E-state index in [0.717, 1.165) is 11.3 Å². The van der Waals surface area contributed by atoms with Crippen molar-refractivity contribution in [1.29, 1.82) is 0 Å². The predicted molar refractivity (Wildman–Crippen MR) is 81.8 cm³/mol. The zero-order valence-electron chi connectivity index (χ0n) is 12.4. The molecule has 0 bridgehead atoms. The van der Waals surface area contributed by atoms with Gasteiger partial charge >= 0.3 is 5.69 Å². The minimum Gasteiger partial charge on any atom is -0.497 e. The maximum Gasteiger partial charge on any atom is 0.314 e. The van der Waals surface area contributed by atoms with E-state index in [1.165, 1.54) is 13.2 Å². The van der Waals surface area contributed by atoms with Gasteiger partial charge in [0, 0.05) is 6.42 Å². The van der Waals surface area contributed by atoms with Crippen molar-refractivity contribution in [3.63, 3.8) is 0 Å². The fourth-order valence-corrected chi connectivity index (χ4v) is 1.96. The molecule has 2 aromatic carbocycles. The summed E-state index contributed by atoms with van der Waals surface area (Å²) in [4.78, 5) is 10.6. The second kappa shape index (κ2) is 7.31. The van der Waals surface area contributed by atoms with Gasteiger partial charge in [-0.1, -0.05) is 12.1 Å². The number of hydrogen-bond donors (Lipinski definition) is 0. The normalized spacial score (nSPS) is 10.1. The van der Waals surface area contributed by atoms with Crippen LogP contribution in [0.3, 0.4) is 0 Å². The lowest BCUT2D eigenvalue weighted by Crippen LogP contribution is -2.03. The van der Waals surface area contributed by atoms with Crippen molar-refractivity contribution >= 4 is 5.69 Å². The number of ether oxygens (including phenoxy) is 3. The third kappa shape index (κ3) is 3.88. The molecule has 0 spiro atoms. The van der Waals surface area contributed by atoms with E-state index in [2.05, 4.69) is 0 Å². The monoisotopic (exact) mass is 303 g/mol. The summed E-state index contributed by atoms with van der Waals surface area (Å²) < 4.78 is 15.6. The van der Waals surface area contributed by atoms with Gasteiger partial charge in [-0.2, -0.15) is 0 Å². The second-order valence-electron chi connectivity index (χ2n) is 4.54. The molecule has 6 heteroatoms. The molecule has 22 heavy (non-hydrogen) atoms. The molecular formula is C16H17NO5. The average Bonchev–Trinajstić information content (AvgIpc) is 2.55. The van der Waals surface area contributed by atoms with Crippen LogP contribution in [0.15, 0.2) is 42.5 Å². The van der Waals surface area contributed by atoms with Crippen molar-refractivity contribution in [3.05, 3.63) is 58.1 Å². The highest BCUT2D eigenvalue weighted by Gasteiger charge is 2.16. The molecule has 0 heterocycles. The van der Waals surface area contributed by atoms with Crippen molar-refractivity contribution in [3.8, 4) is 17.2 Å². The quantitative estimate of drug-likeness (QED) is 0.580. The van der Waals surface area contributed by atoms with Gasteiger partial charge in [-0.3, -0.25) is 10.1 Å². The molecule has 6 nitrogen and oxygen atoms in total. The summed E-state index contributed by atoms with van der Waals surface area (Å²) in [6, 6.07) is 12.1. The van der Waals surface area contributed by atoms with Gasteiger partial charge in [-0.25, -0.2) is 0 Å². The molecule has 0 unspecified atom stereocenters. The first-order valence-corrected chi connectivity index (χ1v) is 6.72. The Morgan fingerprint density at radius 3 is 2.23 bits per heavy atom. The number of nitro groups is 1. The van der Waals surface area contributed by atoms with Crippen LogP contribution in [-0.2, 0) is 6.42 Å². The highest BCUT2D eigenvalue weighted by atomic mass is 16.6. The Bertz CT molecular complexity index is 639. The number of hydrogen-bond acceptors (Lipinski definition) is 5. The van der Waals surface area contributed by atoms with E-state index in [-0.39, 0.29) is 11.4 Å². The van der Waals surface area contributed by atoms with Crippen LogP contribution < -0.4 is 14.2 Å². The Balaban J connectivity index is 2.00. The van der Waals surface area contributed by atoms with Crippen LogP contribution in [0.4, 0.5) is 5.69 Å².